The molecule has 0 amide bonds. The average molecular weight is 611 g/mol. The van der Waals surface area contributed by atoms with Crippen LogP contribution in [0.3, 0.4) is 0 Å². The molecule has 0 aliphatic carbocycles. The number of hydrogen-bond acceptors (Lipinski definition) is 4. The third kappa shape index (κ3) is 9.27. The summed E-state index contributed by atoms with van der Waals surface area (Å²) < 4.78 is 28.1. The predicted molar refractivity (Wildman–Crippen MR) is 180 cm³/mol. The standard InChI is InChI=1S/C33H66O4Si3/c1-16-17-21-32(37-40(14,15)31(6,7)8)23-24-33(36-29(32)20-26-38(9,10)11)22-18-27(2)28(35-33)19-25-34-39(12,13)30(3,4)5/h27-29H,16-19,21-25H2,1-15H3/t27-,28+,29-,32+,33?/m0/s1. The monoisotopic (exact) mass is 610 g/mol. The molecule has 0 aromatic heterocycles. The van der Waals surface area contributed by atoms with Gasteiger partial charge in [-0.3, -0.25) is 0 Å². The molecule has 0 radical (unpaired) electrons. The summed E-state index contributed by atoms with van der Waals surface area (Å²) in [5.41, 5.74) is 3.31. The third-order valence-corrected chi connectivity index (χ3v) is 20.2. The molecular formula is C33H66O4Si3. The van der Waals surface area contributed by atoms with Crippen molar-refractivity contribution in [1.29, 1.82) is 0 Å². The van der Waals surface area contributed by atoms with Gasteiger partial charge < -0.3 is 18.3 Å². The normalized spacial score (nSPS) is 30.7. The lowest BCUT2D eigenvalue weighted by atomic mass is 9.79. The van der Waals surface area contributed by atoms with Crippen LogP contribution in [-0.2, 0) is 18.3 Å². The molecule has 0 N–H and O–H groups in total. The topological polar surface area (TPSA) is 36.9 Å². The highest BCUT2D eigenvalue weighted by Crippen LogP contribution is 2.50. The van der Waals surface area contributed by atoms with E-state index in [4.69, 9.17) is 18.3 Å². The van der Waals surface area contributed by atoms with Crippen LogP contribution >= 0.6 is 0 Å². The Labute approximate surface area is 252 Å². The van der Waals surface area contributed by atoms with Crippen LogP contribution in [0.4, 0.5) is 0 Å². The zero-order valence-corrected chi connectivity index (χ0v) is 32.2. The van der Waals surface area contributed by atoms with E-state index >= 15 is 0 Å². The molecule has 2 rings (SSSR count). The summed E-state index contributed by atoms with van der Waals surface area (Å²) in [5, 5.41) is 0.345. The molecule has 2 aliphatic rings. The van der Waals surface area contributed by atoms with Gasteiger partial charge in [-0.1, -0.05) is 93.8 Å². The third-order valence-electron chi connectivity index (χ3n) is 10.2. The van der Waals surface area contributed by atoms with Crippen molar-refractivity contribution >= 4 is 24.7 Å². The molecule has 2 heterocycles. The highest BCUT2D eigenvalue weighted by Gasteiger charge is 2.56. The zero-order chi connectivity index (χ0) is 30.8. The van der Waals surface area contributed by atoms with E-state index in [-0.39, 0.29) is 27.9 Å². The maximum Gasteiger partial charge on any atom is 0.193 e. The minimum absolute atomic E-state index is 0.129. The molecular weight excluding hydrogens is 545 g/mol. The summed E-state index contributed by atoms with van der Waals surface area (Å²) in [5.74, 6) is 3.63. The number of rotatable bonds is 9. The molecule has 1 spiro atoms. The minimum Gasteiger partial charge on any atom is -0.417 e. The second kappa shape index (κ2) is 13.0. The zero-order valence-electron chi connectivity index (χ0n) is 29.2. The van der Waals surface area contributed by atoms with Gasteiger partial charge in [0.25, 0.3) is 0 Å². The summed E-state index contributed by atoms with van der Waals surface area (Å²) in [6.07, 6.45) is 7.96. The van der Waals surface area contributed by atoms with E-state index in [9.17, 15) is 0 Å². The molecule has 0 bridgehead atoms. The van der Waals surface area contributed by atoms with Gasteiger partial charge in [-0.15, -0.1) is 5.54 Å². The Bertz CT molecular complexity index is 887. The molecule has 2 fully saturated rings. The van der Waals surface area contributed by atoms with Gasteiger partial charge in [0, 0.05) is 19.4 Å². The van der Waals surface area contributed by atoms with Crippen LogP contribution < -0.4 is 0 Å². The van der Waals surface area contributed by atoms with E-state index in [1.165, 1.54) is 0 Å². The highest BCUT2D eigenvalue weighted by molar-refractivity contribution is 6.83. The van der Waals surface area contributed by atoms with Crippen LogP contribution in [0.15, 0.2) is 0 Å². The summed E-state index contributed by atoms with van der Waals surface area (Å²) in [7, 11) is -5.45. The predicted octanol–water partition coefficient (Wildman–Crippen LogP) is 9.92. The minimum atomic E-state index is -2.06. The molecule has 7 heteroatoms. The quantitative estimate of drug-likeness (QED) is 0.192. The first-order chi connectivity index (χ1) is 18.0. The van der Waals surface area contributed by atoms with E-state index in [2.05, 4.69) is 113 Å². The van der Waals surface area contributed by atoms with Crippen LogP contribution in [0.1, 0.15) is 107 Å². The Morgan fingerprint density at radius 1 is 0.850 bits per heavy atom. The molecule has 0 aromatic rings. The molecule has 1 unspecified atom stereocenters. The van der Waals surface area contributed by atoms with Crippen LogP contribution in [-0.4, -0.2) is 54.9 Å². The van der Waals surface area contributed by atoms with Gasteiger partial charge >= 0.3 is 0 Å². The summed E-state index contributed by atoms with van der Waals surface area (Å²) >= 11 is 0. The smallest absolute Gasteiger partial charge is 0.193 e. The van der Waals surface area contributed by atoms with Crippen LogP contribution in [0.2, 0.25) is 55.9 Å². The fourth-order valence-electron chi connectivity index (χ4n) is 5.25. The first kappa shape index (κ1) is 36.2. The van der Waals surface area contributed by atoms with Gasteiger partial charge in [-0.05, 0) is 67.9 Å². The van der Waals surface area contributed by atoms with Crippen LogP contribution in [0, 0.1) is 17.4 Å². The first-order valence-electron chi connectivity index (χ1n) is 16.2. The van der Waals surface area contributed by atoms with Gasteiger partial charge in [0.2, 0.25) is 0 Å². The van der Waals surface area contributed by atoms with Gasteiger partial charge in [0.15, 0.2) is 22.4 Å². The Balaban J connectivity index is 2.36. The molecule has 40 heavy (non-hydrogen) atoms. The number of ether oxygens (including phenoxy) is 2. The number of hydrogen-bond donors (Lipinski definition) is 0. The van der Waals surface area contributed by atoms with Crippen LogP contribution in [0.25, 0.3) is 0 Å². The average Bonchev–Trinajstić information content (AvgIpc) is 2.78. The van der Waals surface area contributed by atoms with Crippen molar-refractivity contribution in [2.75, 3.05) is 6.61 Å². The molecule has 0 aromatic carbocycles. The summed E-state index contributed by atoms with van der Waals surface area (Å²) in [4.78, 5) is 0. The Morgan fingerprint density at radius 2 is 1.45 bits per heavy atom. The van der Waals surface area contributed by atoms with Crippen molar-refractivity contribution in [1.82, 2.24) is 0 Å². The second-order valence-corrected chi connectivity index (χ2v) is 31.3. The molecule has 234 valence electrons. The van der Waals surface area contributed by atoms with E-state index in [1.54, 1.807) is 0 Å². The SMILES string of the molecule is CCCC[C@@]1(O[Si](C)(C)C(C)(C)C)CCC2(CC[C@H](C)[C@@H](CCO[Si](C)(C)C(C)(C)C)O2)O[C@H]1C#C[Si](C)(C)C. The lowest BCUT2D eigenvalue weighted by Gasteiger charge is -2.56. The van der Waals surface area contributed by atoms with Gasteiger partial charge in [0.1, 0.15) is 14.2 Å². The first-order valence-corrected chi connectivity index (χ1v) is 25.5. The lowest BCUT2D eigenvalue weighted by molar-refractivity contribution is -0.341. The molecule has 2 aliphatic heterocycles. The van der Waals surface area contributed by atoms with Gasteiger partial charge in [-0.25, -0.2) is 0 Å². The van der Waals surface area contributed by atoms with Crippen molar-refractivity contribution < 1.29 is 18.3 Å². The largest absolute Gasteiger partial charge is 0.417 e. The Morgan fingerprint density at radius 3 is 1.98 bits per heavy atom. The molecule has 5 atom stereocenters. The Hall–Kier alpha value is 0.0506. The highest BCUT2D eigenvalue weighted by atomic mass is 28.4. The molecule has 2 saturated heterocycles. The second-order valence-electron chi connectivity index (χ2n) is 17.0. The Kier molecular flexibility index (Phi) is 11.7. The van der Waals surface area contributed by atoms with Crippen molar-refractivity contribution in [3.8, 4) is 11.5 Å². The molecule has 0 saturated carbocycles. The van der Waals surface area contributed by atoms with E-state index < -0.39 is 30.5 Å². The van der Waals surface area contributed by atoms with Crippen LogP contribution in [0.5, 0.6) is 0 Å². The maximum absolute atomic E-state index is 7.38. The summed E-state index contributed by atoms with van der Waals surface area (Å²) in [6, 6.07) is 0. The van der Waals surface area contributed by atoms with E-state index in [0.29, 0.717) is 5.92 Å². The lowest BCUT2D eigenvalue weighted by Crippen LogP contribution is -2.63. The maximum atomic E-state index is 7.38. The molecule has 4 nitrogen and oxygen atoms in total. The summed E-state index contributed by atoms with van der Waals surface area (Å²) in [6.45, 7) is 35.7. The van der Waals surface area contributed by atoms with Crippen molar-refractivity contribution in [2.24, 2.45) is 5.92 Å². The van der Waals surface area contributed by atoms with Gasteiger partial charge in [-0.2, -0.15) is 0 Å². The van der Waals surface area contributed by atoms with Crippen molar-refractivity contribution in [3.05, 3.63) is 0 Å². The fourth-order valence-corrected chi connectivity index (χ4v) is 8.51. The van der Waals surface area contributed by atoms with E-state index in [0.717, 1.165) is 58.0 Å². The van der Waals surface area contributed by atoms with Crippen molar-refractivity contribution in [3.63, 3.8) is 0 Å². The van der Waals surface area contributed by atoms with Gasteiger partial charge in [0.05, 0.1) is 11.7 Å². The van der Waals surface area contributed by atoms with E-state index in [1.807, 2.05) is 0 Å². The fraction of sp³-hybridized carbons (Fsp3) is 0.939. The van der Waals surface area contributed by atoms with Crippen molar-refractivity contribution in [2.45, 2.75) is 186 Å². The number of unbranched alkanes of at least 4 members (excludes halogenated alkanes) is 1.